The molecule has 2 aliphatic carbocycles. The van der Waals surface area contributed by atoms with E-state index < -0.39 is 0 Å². The summed E-state index contributed by atoms with van der Waals surface area (Å²) in [6.07, 6.45) is 11.3. The van der Waals surface area contributed by atoms with E-state index in [2.05, 4.69) is 29.6 Å². The number of hydrogen-bond donors (Lipinski definition) is 1. The van der Waals surface area contributed by atoms with Crippen LogP contribution in [-0.4, -0.2) is 19.7 Å². The second-order valence-electron chi connectivity index (χ2n) is 6.81. The van der Waals surface area contributed by atoms with Gasteiger partial charge in [0.15, 0.2) is 0 Å². The minimum absolute atomic E-state index is 0.676. The van der Waals surface area contributed by atoms with E-state index in [0.29, 0.717) is 5.92 Å². The highest BCUT2D eigenvalue weighted by molar-refractivity contribution is 5.30. The van der Waals surface area contributed by atoms with Crippen molar-refractivity contribution >= 4 is 0 Å². The lowest BCUT2D eigenvalue weighted by Crippen LogP contribution is -2.28. The van der Waals surface area contributed by atoms with E-state index in [-0.39, 0.29) is 0 Å². The summed E-state index contributed by atoms with van der Waals surface area (Å²) in [5.74, 6) is 2.50. The fourth-order valence-corrected chi connectivity index (χ4v) is 3.70. The monoisotopic (exact) mass is 287 g/mol. The van der Waals surface area contributed by atoms with Crippen LogP contribution in [0.3, 0.4) is 0 Å². The molecule has 1 aromatic rings. The number of nitrogens with one attached hydrogen (secondary N) is 1. The van der Waals surface area contributed by atoms with Crippen LogP contribution in [0.2, 0.25) is 0 Å². The summed E-state index contributed by atoms with van der Waals surface area (Å²) < 4.78 is 5.31. The molecule has 0 aliphatic heterocycles. The van der Waals surface area contributed by atoms with Crippen molar-refractivity contribution in [2.45, 2.75) is 63.3 Å². The highest BCUT2D eigenvalue weighted by atomic mass is 16.5. The first-order chi connectivity index (χ1) is 10.4. The fourth-order valence-electron chi connectivity index (χ4n) is 3.70. The topological polar surface area (TPSA) is 21.3 Å². The van der Waals surface area contributed by atoms with Crippen molar-refractivity contribution < 1.29 is 4.74 Å². The lowest BCUT2D eigenvalue weighted by molar-refractivity contribution is 0.359. The normalized spacial score (nSPS) is 21.8. The maximum atomic E-state index is 5.31. The highest BCUT2D eigenvalue weighted by Crippen LogP contribution is 2.36. The predicted octanol–water partition coefficient (Wildman–Crippen LogP) is 4.50. The van der Waals surface area contributed by atoms with E-state index in [0.717, 1.165) is 24.3 Å². The fraction of sp³-hybridized carbons (Fsp3) is 0.684. The van der Waals surface area contributed by atoms with Gasteiger partial charge in [-0.3, -0.25) is 0 Å². The zero-order valence-electron chi connectivity index (χ0n) is 13.3. The molecular formula is C19H29NO. The molecule has 1 unspecified atom stereocenters. The first-order valence-electron chi connectivity index (χ1n) is 8.74. The molecule has 2 nitrogen and oxygen atoms in total. The molecule has 1 N–H and O–H groups in total. The maximum absolute atomic E-state index is 5.31. The second-order valence-corrected chi connectivity index (χ2v) is 6.81. The van der Waals surface area contributed by atoms with Gasteiger partial charge in [0, 0.05) is 12.6 Å². The second kappa shape index (κ2) is 7.31. The van der Waals surface area contributed by atoms with Crippen molar-refractivity contribution in [2.24, 2.45) is 5.92 Å². The van der Waals surface area contributed by atoms with Crippen LogP contribution in [0.5, 0.6) is 5.75 Å². The molecule has 0 heterocycles. The molecule has 3 rings (SSSR count). The minimum Gasteiger partial charge on any atom is -0.497 e. The maximum Gasteiger partial charge on any atom is 0.118 e. The van der Waals surface area contributed by atoms with Crippen molar-refractivity contribution in [1.29, 1.82) is 0 Å². The van der Waals surface area contributed by atoms with Gasteiger partial charge in [0.25, 0.3) is 0 Å². The molecule has 0 bridgehead atoms. The van der Waals surface area contributed by atoms with Crippen LogP contribution in [0.1, 0.15) is 62.8 Å². The van der Waals surface area contributed by atoms with E-state index in [1.54, 1.807) is 7.11 Å². The van der Waals surface area contributed by atoms with Crippen LogP contribution in [0.25, 0.3) is 0 Å². The van der Waals surface area contributed by atoms with Gasteiger partial charge >= 0.3 is 0 Å². The summed E-state index contributed by atoms with van der Waals surface area (Å²) in [6, 6.07) is 9.61. The molecule has 0 saturated heterocycles. The molecule has 1 aromatic carbocycles. The first kappa shape index (κ1) is 14.9. The average Bonchev–Trinajstić information content (AvgIpc) is 3.35. The molecule has 0 amide bonds. The van der Waals surface area contributed by atoms with E-state index >= 15 is 0 Å². The largest absolute Gasteiger partial charge is 0.497 e. The SMILES string of the molecule is COc1ccc(C(CNC2CC2)C2CCCCCC2)cc1. The number of rotatable bonds is 6. The van der Waals surface area contributed by atoms with Crippen molar-refractivity contribution in [1.82, 2.24) is 5.32 Å². The zero-order valence-corrected chi connectivity index (χ0v) is 13.3. The third-order valence-corrected chi connectivity index (χ3v) is 5.22. The Balaban J connectivity index is 1.71. The molecule has 2 fully saturated rings. The van der Waals surface area contributed by atoms with Gasteiger partial charge in [-0.15, -0.1) is 0 Å². The Hall–Kier alpha value is -1.02. The Morgan fingerprint density at radius 2 is 1.67 bits per heavy atom. The molecule has 21 heavy (non-hydrogen) atoms. The van der Waals surface area contributed by atoms with Gasteiger partial charge in [0.05, 0.1) is 7.11 Å². The van der Waals surface area contributed by atoms with Crippen LogP contribution in [0.4, 0.5) is 0 Å². The highest BCUT2D eigenvalue weighted by Gasteiger charge is 2.27. The smallest absolute Gasteiger partial charge is 0.118 e. The quantitative estimate of drug-likeness (QED) is 0.778. The van der Waals surface area contributed by atoms with Crippen LogP contribution in [-0.2, 0) is 0 Å². The lowest BCUT2D eigenvalue weighted by atomic mass is 9.81. The van der Waals surface area contributed by atoms with Crippen LogP contribution in [0.15, 0.2) is 24.3 Å². The zero-order chi connectivity index (χ0) is 14.5. The van der Waals surface area contributed by atoms with Crippen LogP contribution in [0, 0.1) is 5.92 Å². The third kappa shape index (κ3) is 4.23. The standard InChI is InChI=1S/C19H29NO/c1-21-18-12-8-16(9-13-18)19(14-20-17-10-11-17)15-6-4-2-3-5-7-15/h8-9,12-13,15,17,19-20H,2-7,10-11,14H2,1H3. The van der Waals surface area contributed by atoms with Gasteiger partial charge in [-0.05, 0) is 55.2 Å². The summed E-state index contributed by atoms with van der Waals surface area (Å²) in [5, 5.41) is 3.77. The van der Waals surface area contributed by atoms with E-state index in [9.17, 15) is 0 Å². The molecule has 2 heteroatoms. The Bertz CT molecular complexity index is 416. The third-order valence-electron chi connectivity index (χ3n) is 5.22. The summed E-state index contributed by atoms with van der Waals surface area (Å²) in [5.41, 5.74) is 1.50. The van der Waals surface area contributed by atoms with Crippen molar-refractivity contribution in [3.05, 3.63) is 29.8 Å². The number of ether oxygens (including phenoxy) is 1. The van der Waals surface area contributed by atoms with Gasteiger partial charge in [0.2, 0.25) is 0 Å². The summed E-state index contributed by atoms with van der Waals surface area (Å²) in [7, 11) is 1.74. The summed E-state index contributed by atoms with van der Waals surface area (Å²) >= 11 is 0. The summed E-state index contributed by atoms with van der Waals surface area (Å²) in [4.78, 5) is 0. The minimum atomic E-state index is 0.676. The molecular weight excluding hydrogens is 258 g/mol. The summed E-state index contributed by atoms with van der Waals surface area (Å²) in [6.45, 7) is 1.15. The van der Waals surface area contributed by atoms with Gasteiger partial charge in [-0.25, -0.2) is 0 Å². The molecule has 0 aromatic heterocycles. The van der Waals surface area contributed by atoms with Crippen LogP contribution < -0.4 is 10.1 Å². The van der Waals surface area contributed by atoms with E-state index in [4.69, 9.17) is 4.74 Å². The molecule has 116 valence electrons. The Labute approximate surface area is 129 Å². The van der Waals surface area contributed by atoms with Crippen LogP contribution >= 0.6 is 0 Å². The van der Waals surface area contributed by atoms with Crippen molar-refractivity contribution in [2.75, 3.05) is 13.7 Å². The molecule has 2 aliphatic rings. The number of methoxy groups -OCH3 is 1. The van der Waals surface area contributed by atoms with E-state index in [1.165, 1.54) is 56.9 Å². The van der Waals surface area contributed by atoms with Gasteiger partial charge in [-0.1, -0.05) is 37.8 Å². The molecule has 1 atom stereocenters. The lowest BCUT2D eigenvalue weighted by Gasteiger charge is -2.27. The Kier molecular flexibility index (Phi) is 5.18. The van der Waals surface area contributed by atoms with Crippen molar-refractivity contribution in [3.63, 3.8) is 0 Å². The number of hydrogen-bond acceptors (Lipinski definition) is 2. The first-order valence-corrected chi connectivity index (χ1v) is 8.74. The van der Waals surface area contributed by atoms with Gasteiger partial charge in [-0.2, -0.15) is 0 Å². The molecule has 0 spiro atoms. The van der Waals surface area contributed by atoms with Gasteiger partial charge < -0.3 is 10.1 Å². The van der Waals surface area contributed by atoms with E-state index in [1.807, 2.05) is 0 Å². The van der Waals surface area contributed by atoms with Crippen molar-refractivity contribution in [3.8, 4) is 5.75 Å². The number of benzene rings is 1. The Morgan fingerprint density at radius 1 is 1.00 bits per heavy atom. The molecule has 2 saturated carbocycles. The molecule has 0 radical (unpaired) electrons. The van der Waals surface area contributed by atoms with Gasteiger partial charge in [0.1, 0.15) is 5.75 Å². The average molecular weight is 287 g/mol. The predicted molar refractivity (Wildman–Crippen MR) is 88.0 cm³/mol. The Morgan fingerprint density at radius 3 is 2.24 bits per heavy atom.